The Kier molecular flexibility index (Phi) is 12.4. The predicted octanol–water partition coefficient (Wildman–Crippen LogP) is 20.7. The number of benzene rings is 14. The third-order valence-electron chi connectivity index (χ3n) is 19.1. The van der Waals surface area contributed by atoms with E-state index in [-0.39, 0.29) is 6.71 Å². The lowest BCUT2D eigenvalue weighted by atomic mass is 9.33. The number of hydrogen-bond acceptors (Lipinski definition) is 3. The van der Waals surface area contributed by atoms with Crippen LogP contribution in [0.5, 0.6) is 0 Å². The second-order valence-electron chi connectivity index (χ2n) is 24.2. The van der Waals surface area contributed by atoms with Crippen LogP contribution in [-0.2, 0) is 0 Å². The fraction of sp³-hybridized carbons (Fsp3) is 0. The second-order valence-corrected chi connectivity index (χ2v) is 24.2. The van der Waals surface area contributed by atoms with Crippen LogP contribution in [-0.4, -0.2) is 15.8 Å². The number of hydrogen-bond donors (Lipinski definition) is 0. The summed E-state index contributed by atoms with van der Waals surface area (Å²) in [5, 5.41) is 14.7. The molecule has 0 unspecified atom stereocenters. The van der Waals surface area contributed by atoms with Gasteiger partial charge in [0.1, 0.15) is 0 Å². The molecule has 0 saturated carbocycles. The molecule has 2 aromatic heterocycles. The van der Waals surface area contributed by atoms with Crippen LogP contribution < -0.4 is 26.2 Å². The molecule has 93 heavy (non-hydrogen) atoms. The number of aromatic nitrogens is 2. The molecule has 2 aliphatic rings. The van der Waals surface area contributed by atoms with Crippen LogP contribution in [0.15, 0.2) is 322 Å². The first kappa shape index (κ1) is 53.4. The van der Waals surface area contributed by atoms with Crippen molar-refractivity contribution >= 4 is 107 Å². The lowest BCUT2D eigenvalue weighted by Crippen LogP contribution is -2.61. The highest BCUT2D eigenvalue weighted by atomic mass is 15.2. The molecule has 0 atom stereocenters. The minimum Gasteiger partial charge on any atom is -0.311 e. The molecule has 18 rings (SSSR count). The Hall–Kier alpha value is -12.7. The lowest BCUT2D eigenvalue weighted by Gasteiger charge is -2.45. The maximum absolute atomic E-state index is 9.89. The highest BCUT2D eigenvalue weighted by Gasteiger charge is 2.45. The maximum Gasteiger partial charge on any atom is 0.252 e. The first-order valence-corrected chi connectivity index (χ1v) is 31.5. The van der Waals surface area contributed by atoms with Crippen molar-refractivity contribution in [1.82, 2.24) is 9.13 Å². The topological polar surface area (TPSA) is 44.5 Å². The molecule has 6 nitrogen and oxygen atoms in total. The zero-order chi connectivity index (χ0) is 61.7. The molecule has 0 bridgehead atoms. The minimum atomic E-state index is -0.241. The SMILES string of the molecule is [C-]#[N+]c1ccc(-c2ccc(N3c4cc(-n5c6ccccc6c6ccccc65)ccc4B4c5ccc(-n6c7ccccc7c7ccccc76)cc5N(c5ccc(-c6ccc(C#N)cc6)cc5-c5ccccc5)c5cc(-c6ccccc6)cc3c54)c(-c3ccccc3)c2)cc1. The summed E-state index contributed by atoms with van der Waals surface area (Å²) in [6.07, 6.45) is 0. The van der Waals surface area contributed by atoms with Gasteiger partial charge in [0.15, 0.2) is 5.69 Å². The van der Waals surface area contributed by atoms with E-state index < -0.39 is 0 Å². The van der Waals surface area contributed by atoms with E-state index in [1.807, 2.05) is 24.3 Å². The van der Waals surface area contributed by atoms with Gasteiger partial charge in [0.25, 0.3) is 6.71 Å². The van der Waals surface area contributed by atoms with E-state index in [1.165, 1.54) is 37.9 Å². The molecule has 14 aromatic carbocycles. The quantitative estimate of drug-likeness (QED) is 0.107. The molecule has 2 aliphatic heterocycles. The van der Waals surface area contributed by atoms with E-state index in [4.69, 9.17) is 6.57 Å². The highest BCUT2D eigenvalue weighted by molar-refractivity contribution is 7.00. The first-order valence-electron chi connectivity index (χ1n) is 31.5. The molecule has 0 amide bonds. The second kappa shape index (κ2) is 21.5. The number of nitrogens with zero attached hydrogens (tertiary/aromatic N) is 6. The predicted molar refractivity (Wildman–Crippen MR) is 387 cm³/mol. The van der Waals surface area contributed by atoms with Crippen LogP contribution in [0.4, 0.5) is 39.8 Å². The molecule has 0 saturated heterocycles. The summed E-state index contributed by atoms with van der Waals surface area (Å²) >= 11 is 0. The third-order valence-corrected chi connectivity index (χ3v) is 19.1. The average molecular weight is 1180 g/mol. The molecular formula is C86H53BN6. The number of anilines is 6. The molecule has 0 N–H and O–H groups in total. The Labute approximate surface area is 539 Å². The van der Waals surface area contributed by atoms with Crippen molar-refractivity contribution in [3.8, 4) is 73.1 Å². The van der Waals surface area contributed by atoms with Crippen molar-refractivity contribution in [1.29, 1.82) is 5.26 Å². The van der Waals surface area contributed by atoms with Crippen molar-refractivity contribution in [2.75, 3.05) is 9.80 Å². The fourth-order valence-electron chi connectivity index (χ4n) is 14.9. The molecule has 4 heterocycles. The molecule has 0 radical (unpaired) electrons. The zero-order valence-electron chi connectivity index (χ0n) is 50.4. The Morgan fingerprint density at radius 1 is 0.301 bits per heavy atom. The first-order chi connectivity index (χ1) is 46.0. The number of fused-ring (bicyclic) bond motifs is 10. The van der Waals surface area contributed by atoms with Gasteiger partial charge in [0.05, 0.1) is 51.6 Å². The van der Waals surface area contributed by atoms with Gasteiger partial charge in [-0.1, -0.05) is 224 Å². The van der Waals surface area contributed by atoms with E-state index in [1.54, 1.807) is 0 Å². The van der Waals surface area contributed by atoms with Gasteiger partial charge >= 0.3 is 0 Å². The van der Waals surface area contributed by atoms with Gasteiger partial charge in [-0.3, -0.25) is 0 Å². The average Bonchev–Trinajstić information content (AvgIpc) is 1.07. The summed E-state index contributed by atoms with van der Waals surface area (Å²) in [6, 6.07) is 119. The van der Waals surface area contributed by atoms with Gasteiger partial charge in [-0.2, -0.15) is 5.26 Å². The Morgan fingerprint density at radius 3 is 1.08 bits per heavy atom. The van der Waals surface area contributed by atoms with Crippen LogP contribution in [0.25, 0.3) is 115 Å². The Morgan fingerprint density at radius 2 is 0.667 bits per heavy atom. The van der Waals surface area contributed by atoms with Crippen LogP contribution in [0, 0.1) is 17.9 Å². The molecule has 7 heteroatoms. The van der Waals surface area contributed by atoms with Crippen molar-refractivity contribution in [3.05, 3.63) is 338 Å². The van der Waals surface area contributed by atoms with E-state index in [0.717, 1.165) is 123 Å². The summed E-state index contributed by atoms with van der Waals surface area (Å²) in [4.78, 5) is 8.89. The molecule has 0 spiro atoms. The largest absolute Gasteiger partial charge is 0.311 e. The fourth-order valence-corrected chi connectivity index (χ4v) is 14.9. The molecule has 16 aromatic rings. The highest BCUT2D eigenvalue weighted by Crippen LogP contribution is 2.52. The summed E-state index contributed by atoms with van der Waals surface area (Å²) in [5.74, 6) is 0. The van der Waals surface area contributed by atoms with Gasteiger partial charge < -0.3 is 18.9 Å². The monoisotopic (exact) mass is 1180 g/mol. The van der Waals surface area contributed by atoms with Crippen LogP contribution >= 0.6 is 0 Å². The third kappa shape index (κ3) is 8.56. The molecular weight excluding hydrogens is 1130 g/mol. The summed E-state index contributed by atoms with van der Waals surface area (Å²) in [5.41, 5.74) is 28.5. The van der Waals surface area contributed by atoms with Crippen molar-refractivity contribution in [2.45, 2.75) is 0 Å². The van der Waals surface area contributed by atoms with Gasteiger partial charge in [0.2, 0.25) is 0 Å². The van der Waals surface area contributed by atoms with E-state index >= 15 is 0 Å². The van der Waals surface area contributed by atoms with Crippen molar-refractivity contribution in [2.24, 2.45) is 0 Å². The van der Waals surface area contributed by atoms with Crippen molar-refractivity contribution < 1.29 is 0 Å². The van der Waals surface area contributed by atoms with Crippen LogP contribution in [0.3, 0.4) is 0 Å². The summed E-state index contributed by atoms with van der Waals surface area (Å²) < 4.78 is 4.89. The molecule has 0 fully saturated rings. The van der Waals surface area contributed by atoms with E-state index in [9.17, 15) is 5.26 Å². The Bertz CT molecular complexity index is 5340. The molecule has 0 aliphatic carbocycles. The van der Waals surface area contributed by atoms with Gasteiger partial charge in [-0.05, 0) is 158 Å². The number of rotatable bonds is 9. The lowest BCUT2D eigenvalue weighted by molar-refractivity contribution is 1.17. The van der Waals surface area contributed by atoms with Crippen LogP contribution in [0.1, 0.15) is 5.56 Å². The van der Waals surface area contributed by atoms with E-state index in [0.29, 0.717) is 11.3 Å². The van der Waals surface area contributed by atoms with Gasteiger partial charge in [-0.15, -0.1) is 0 Å². The van der Waals surface area contributed by atoms with Gasteiger partial charge in [-0.25, -0.2) is 4.85 Å². The maximum atomic E-state index is 9.89. The zero-order valence-corrected chi connectivity index (χ0v) is 50.4. The minimum absolute atomic E-state index is 0.241. The summed E-state index contributed by atoms with van der Waals surface area (Å²) in [6.45, 7) is 7.54. The normalized spacial score (nSPS) is 12.2. The smallest absolute Gasteiger partial charge is 0.252 e. The number of para-hydroxylation sites is 4. The van der Waals surface area contributed by atoms with Crippen molar-refractivity contribution in [3.63, 3.8) is 0 Å². The summed E-state index contributed by atoms with van der Waals surface area (Å²) in [7, 11) is 0. The number of nitriles is 1. The van der Waals surface area contributed by atoms with Gasteiger partial charge in [0, 0.05) is 66.8 Å². The molecule has 430 valence electrons. The Balaban J connectivity index is 0.976. The standard InChI is InChI=1S/C86H53BN6/c1-89-65-41-37-59(38-42-65)63-40-48-81(73(50-63)61-23-9-4-10-24-61)93-83-54-67(91-78-31-17-13-27-70(78)71-28-14-18-32-79(71)91)44-46-75(83)87-74-45-43-66(90-76-29-15-11-25-68(76)69-26-12-16-30-77(69)90)53-82(74)92(84-51-64(52-85(93)86(84)87)57-19-5-2-6-20-57)80-47-39-62(58-35-33-56(55-88)34-36-58)49-72(80)60-21-7-3-8-22-60/h2-54H. The van der Waals surface area contributed by atoms with Crippen LogP contribution in [0.2, 0.25) is 0 Å². The van der Waals surface area contributed by atoms with E-state index in [2.05, 4.69) is 327 Å².